The van der Waals surface area contributed by atoms with Crippen LogP contribution >= 0.6 is 0 Å². The van der Waals surface area contributed by atoms with E-state index in [0.717, 1.165) is 9.80 Å². The number of hydrogen-bond donors (Lipinski definition) is 0. The molecule has 4 nitrogen and oxygen atoms in total. The summed E-state index contributed by atoms with van der Waals surface area (Å²) in [6.45, 7) is -0.549. The maximum atomic E-state index is 12.0. The summed E-state index contributed by atoms with van der Waals surface area (Å²) in [6, 6.07) is 0. The van der Waals surface area contributed by atoms with Gasteiger partial charge in [0.2, 0.25) is 0 Å². The van der Waals surface area contributed by atoms with E-state index in [4.69, 9.17) is 0 Å². The average Bonchev–Trinajstić information content (AvgIpc) is 2.27. The molecule has 2 amide bonds. The molecule has 0 aliphatic carbocycles. The van der Waals surface area contributed by atoms with Gasteiger partial charge in [-0.05, 0) is 0 Å². The maximum Gasteiger partial charge on any atom is 0.315 e. The van der Waals surface area contributed by atoms with Crippen molar-refractivity contribution >= 4 is 11.8 Å². The van der Waals surface area contributed by atoms with Crippen molar-refractivity contribution in [2.45, 2.75) is 12.9 Å². The minimum absolute atomic E-state index is 0.137. The van der Waals surface area contributed by atoms with E-state index < -0.39 is 24.7 Å². The SMILES string of the molecule is O=C(C(F)F)N1CCN(C(=O)C(F)F)CC1. The van der Waals surface area contributed by atoms with E-state index in [2.05, 4.69) is 0 Å². The van der Waals surface area contributed by atoms with E-state index in [1.165, 1.54) is 0 Å². The first-order valence-corrected chi connectivity index (χ1v) is 4.57. The van der Waals surface area contributed by atoms with Crippen LogP contribution in [-0.4, -0.2) is 60.6 Å². The molecule has 0 aromatic heterocycles. The molecule has 92 valence electrons. The summed E-state index contributed by atoms with van der Waals surface area (Å²) in [5.74, 6) is -2.66. The van der Waals surface area contributed by atoms with Gasteiger partial charge in [-0.3, -0.25) is 9.59 Å². The van der Waals surface area contributed by atoms with Gasteiger partial charge in [-0.25, -0.2) is 0 Å². The fourth-order valence-corrected chi connectivity index (χ4v) is 1.42. The molecule has 1 heterocycles. The topological polar surface area (TPSA) is 40.6 Å². The molecule has 1 fully saturated rings. The average molecular weight is 242 g/mol. The minimum atomic E-state index is -3.10. The molecule has 0 spiro atoms. The number of carbonyl (C=O) groups is 2. The highest BCUT2D eigenvalue weighted by molar-refractivity contribution is 5.81. The van der Waals surface area contributed by atoms with Crippen LogP contribution in [0.2, 0.25) is 0 Å². The molecule has 0 aromatic rings. The highest BCUT2D eigenvalue weighted by atomic mass is 19.3. The molecule has 0 saturated carbocycles. The van der Waals surface area contributed by atoms with Crippen molar-refractivity contribution in [3.8, 4) is 0 Å². The molecule has 0 unspecified atom stereocenters. The zero-order valence-corrected chi connectivity index (χ0v) is 8.21. The third kappa shape index (κ3) is 2.83. The molecule has 0 N–H and O–H groups in total. The van der Waals surface area contributed by atoms with Crippen molar-refractivity contribution in [3.63, 3.8) is 0 Å². The Hall–Kier alpha value is -1.34. The Labute approximate surface area is 88.8 Å². The van der Waals surface area contributed by atoms with Crippen molar-refractivity contribution in [3.05, 3.63) is 0 Å². The number of amides is 2. The van der Waals surface area contributed by atoms with Gasteiger partial charge in [0.15, 0.2) is 0 Å². The molecule has 1 aliphatic heterocycles. The number of alkyl halides is 4. The van der Waals surface area contributed by atoms with E-state index in [0.29, 0.717) is 0 Å². The summed E-state index contributed by atoms with van der Waals surface area (Å²) >= 11 is 0. The van der Waals surface area contributed by atoms with Crippen LogP contribution in [-0.2, 0) is 9.59 Å². The number of halogens is 4. The first kappa shape index (κ1) is 12.7. The van der Waals surface area contributed by atoms with Crippen molar-refractivity contribution in [2.24, 2.45) is 0 Å². The first-order valence-electron chi connectivity index (χ1n) is 4.57. The lowest BCUT2D eigenvalue weighted by molar-refractivity contribution is -0.151. The Morgan fingerprint density at radius 1 is 0.750 bits per heavy atom. The monoisotopic (exact) mass is 242 g/mol. The van der Waals surface area contributed by atoms with Gasteiger partial charge >= 0.3 is 12.9 Å². The van der Waals surface area contributed by atoms with Crippen LogP contribution in [0.1, 0.15) is 0 Å². The van der Waals surface area contributed by atoms with Crippen molar-refractivity contribution < 1.29 is 27.2 Å². The second-order valence-electron chi connectivity index (χ2n) is 3.25. The predicted molar refractivity (Wildman–Crippen MR) is 45.2 cm³/mol. The van der Waals surface area contributed by atoms with E-state index in [9.17, 15) is 27.2 Å². The lowest BCUT2D eigenvalue weighted by Crippen LogP contribution is -2.53. The lowest BCUT2D eigenvalue weighted by Gasteiger charge is -2.34. The third-order valence-corrected chi connectivity index (χ3v) is 2.28. The fourth-order valence-electron chi connectivity index (χ4n) is 1.42. The molecule has 1 saturated heterocycles. The molecule has 0 radical (unpaired) electrons. The second-order valence-corrected chi connectivity index (χ2v) is 3.25. The highest BCUT2D eigenvalue weighted by Crippen LogP contribution is 2.09. The number of carbonyl (C=O) groups excluding carboxylic acids is 2. The van der Waals surface area contributed by atoms with E-state index in [1.54, 1.807) is 0 Å². The zero-order chi connectivity index (χ0) is 12.3. The van der Waals surface area contributed by atoms with E-state index in [1.807, 2.05) is 0 Å². The number of nitrogens with zero attached hydrogens (tertiary/aromatic N) is 2. The van der Waals surface area contributed by atoms with E-state index in [-0.39, 0.29) is 26.2 Å². The van der Waals surface area contributed by atoms with Crippen LogP contribution in [0.5, 0.6) is 0 Å². The second kappa shape index (κ2) is 5.13. The Balaban J connectivity index is 2.45. The zero-order valence-electron chi connectivity index (χ0n) is 8.21. The summed E-state index contributed by atoms with van der Waals surface area (Å²) in [7, 11) is 0. The molecule has 16 heavy (non-hydrogen) atoms. The Kier molecular flexibility index (Phi) is 4.08. The smallest absolute Gasteiger partial charge is 0.315 e. The Morgan fingerprint density at radius 3 is 1.19 bits per heavy atom. The van der Waals surface area contributed by atoms with Gasteiger partial charge in [0.1, 0.15) is 0 Å². The largest absolute Gasteiger partial charge is 0.334 e. The molecule has 1 rings (SSSR count). The predicted octanol–water partition coefficient (Wildman–Crippen LogP) is 0.187. The van der Waals surface area contributed by atoms with E-state index >= 15 is 0 Å². The Morgan fingerprint density at radius 2 is 1.00 bits per heavy atom. The quantitative estimate of drug-likeness (QED) is 0.648. The van der Waals surface area contributed by atoms with Crippen LogP contribution in [0.25, 0.3) is 0 Å². The summed E-state index contributed by atoms with van der Waals surface area (Å²) in [5.41, 5.74) is 0. The third-order valence-electron chi connectivity index (χ3n) is 2.28. The molecule has 8 heteroatoms. The van der Waals surface area contributed by atoms with Crippen LogP contribution in [0, 0.1) is 0 Å². The molecule has 0 atom stereocenters. The van der Waals surface area contributed by atoms with Crippen LogP contribution < -0.4 is 0 Å². The van der Waals surface area contributed by atoms with Gasteiger partial charge in [-0.2, -0.15) is 17.6 Å². The summed E-state index contributed by atoms with van der Waals surface area (Å²) in [6.07, 6.45) is -6.20. The minimum Gasteiger partial charge on any atom is -0.334 e. The van der Waals surface area contributed by atoms with Gasteiger partial charge in [0.25, 0.3) is 11.8 Å². The van der Waals surface area contributed by atoms with Gasteiger partial charge in [0.05, 0.1) is 0 Å². The van der Waals surface area contributed by atoms with Gasteiger partial charge in [-0.1, -0.05) is 0 Å². The summed E-state index contributed by atoms with van der Waals surface area (Å²) < 4.78 is 48.0. The molecular weight excluding hydrogens is 232 g/mol. The molecule has 0 aromatic carbocycles. The highest BCUT2D eigenvalue weighted by Gasteiger charge is 2.31. The van der Waals surface area contributed by atoms with Crippen molar-refractivity contribution in [2.75, 3.05) is 26.2 Å². The van der Waals surface area contributed by atoms with Crippen LogP contribution in [0.3, 0.4) is 0 Å². The first-order chi connectivity index (χ1) is 7.43. The lowest BCUT2D eigenvalue weighted by atomic mass is 10.3. The number of piperazine rings is 1. The molecule has 1 aliphatic rings. The number of hydrogen-bond acceptors (Lipinski definition) is 2. The van der Waals surface area contributed by atoms with Gasteiger partial charge in [-0.15, -0.1) is 0 Å². The fraction of sp³-hybridized carbons (Fsp3) is 0.750. The van der Waals surface area contributed by atoms with Crippen molar-refractivity contribution in [1.29, 1.82) is 0 Å². The van der Waals surface area contributed by atoms with Crippen molar-refractivity contribution in [1.82, 2.24) is 9.80 Å². The van der Waals surface area contributed by atoms with Gasteiger partial charge < -0.3 is 9.80 Å². The number of rotatable bonds is 2. The van der Waals surface area contributed by atoms with Crippen LogP contribution in [0.4, 0.5) is 17.6 Å². The summed E-state index contributed by atoms with van der Waals surface area (Å²) in [4.78, 5) is 23.4. The standard InChI is InChI=1S/C8H10F4N2O2/c9-5(10)7(15)13-1-2-14(4-3-13)8(16)6(11)12/h5-6H,1-4H2. The maximum absolute atomic E-state index is 12.0. The van der Waals surface area contributed by atoms with Crippen LogP contribution in [0.15, 0.2) is 0 Å². The Bertz CT molecular complexity index is 249. The normalized spacial score (nSPS) is 17.1. The molecular formula is C8H10F4N2O2. The molecule has 0 bridgehead atoms. The summed E-state index contributed by atoms with van der Waals surface area (Å²) in [5, 5.41) is 0. The van der Waals surface area contributed by atoms with Gasteiger partial charge in [0, 0.05) is 26.2 Å².